The van der Waals surface area contributed by atoms with Gasteiger partial charge in [-0.1, -0.05) is 26.7 Å². The molecule has 5 nitrogen and oxygen atoms in total. The first-order valence-corrected chi connectivity index (χ1v) is 8.69. The van der Waals surface area contributed by atoms with Crippen LogP contribution in [0.2, 0.25) is 0 Å². The molecule has 0 atom stereocenters. The zero-order chi connectivity index (χ0) is 13.1. The fourth-order valence-corrected chi connectivity index (χ4v) is 5.69. The number of hydrogen-bond acceptors (Lipinski definition) is 4. The molecule has 0 amide bonds. The van der Waals surface area contributed by atoms with Gasteiger partial charge in [-0.15, -0.1) is 0 Å². The smallest absolute Gasteiger partial charge is 0.109 e. The molecule has 0 saturated carbocycles. The van der Waals surface area contributed by atoms with E-state index in [1.165, 1.54) is 0 Å². The number of unbranched alkanes of at least 4 members (excludes halogenated alkanes) is 2. The molecule has 1 rings (SSSR count). The third-order valence-corrected chi connectivity index (χ3v) is 6.49. The number of nitrogens with zero attached hydrogens (tertiary/aromatic N) is 1. The van der Waals surface area contributed by atoms with E-state index < -0.39 is 20.0 Å². The summed E-state index contributed by atoms with van der Waals surface area (Å²) in [6, 6.07) is 0. The molecule has 0 unspecified atom stereocenters. The Morgan fingerprint density at radius 2 is 1.18 bits per heavy atom. The molecule has 0 N–H and O–H groups in total. The second kappa shape index (κ2) is 5.49. The van der Waals surface area contributed by atoms with Crippen molar-refractivity contribution in [3.8, 4) is 0 Å². The van der Waals surface area contributed by atoms with Crippen molar-refractivity contribution in [2.24, 2.45) is 0 Å². The van der Waals surface area contributed by atoms with Gasteiger partial charge in [-0.2, -0.15) is 0 Å². The summed E-state index contributed by atoms with van der Waals surface area (Å²) in [5.41, 5.74) is 0. The summed E-state index contributed by atoms with van der Waals surface area (Å²) in [5, 5.41) is 0. The Hall–Kier alpha value is -0.400. The maximum Gasteiger partial charge on any atom is 0.109 e. The lowest BCUT2D eigenvalue weighted by atomic mass is 10.2. The van der Waals surface area contributed by atoms with Gasteiger partial charge in [-0.05, 0) is 25.7 Å². The first-order chi connectivity index (χ1) is 7.85. The second-order valence-corrected chi connectivity index (χ2v) is 7.56. The van der Waals surface area contributed by atoms with Crippen LogP contribution in [0.5, 0.6) is 0 Å². The zero-order valence-electron chi connectivity index (χ0n) is 10.1. The first-order valence-electron chi connectivity index (χ1n) is 5.81. The third kappa shape index (κ3) is 3.29. The molecule has 100 valence electrons. The Morgan fingerprint density at radius 3 is 1.47 bits per heavy atom. The molecule has 0 aromatic heterocycles. The van der Waals surface area contributed by atoms with Crippen LogP contribution in [-0.4, -0.2) is 16.8 Å². The standard InChI is InChI=1S/C10H18NO4S2/c1-3-5-7-9-10(8-6-4-2)17(14,15)11-16(9,12)13/h3-8H2,1-2H3/q-1. The molecule has 0 aliphatic carbocycles. The van der Waals surface area contributed by atoms with Gasteiger partial charge < -0.3 is 4.13 Å². The molecule has 1 heterocycles. The van der Waals surface area contributed by atoms with Gasteiger partial charge in [0.25, 0.3) is 0 Å². The van der Waals surface area contributed by atoms with Crippen molar-refractivity contribution in [3.05, 3.63) is 13.9 Å². The highest BCUT2D eigenvalue weighted by molar-refractivity contribution is 8.18. The predicted octanol–water partition coefficient (Wildman–Crippen LogP) is 2.63. The number of hydrogen-bond donors (Lipinski definition) is 0. The minimum Gasteiger partial charge on any atom is -0.428 e. The van der Waals surface area contributed by atoms with Gasteiger partial charge in [0, 0.05) is 9.81 Å². The molecule has 17 heavy (non-hydrogen) atoms. The largest absolute Gasteiger partial charge is 0.428 e. The Kier molecular flexibility index (Phi) is 4.74. The third-order valence-electron chi connectivity index (χ3n) is 2.64. The molecule has 0 fully saturated rings. The van der Waals surface area contributed by atoms with Crippen molar-refractivity contribution in [1.29, 1.82) is 0 Å². The molecule has 0 aromatic carbocycles. The van der Waals surface area contributed by atoms with Gasteiger partial charge in [0.2, 0.25) is 0 Å². The Morgan fingerprint density at radius 1 is 0.824 bits per heavy atom. The van der Waals surface area contributed by atoms with Gasteiger partial charge in [-0.25, -0.2) is 16.8 Å². The predicted molar refractivity (Wildman–Crippen MR) is 67.3 cm³/mol. The van der Waals surface area contributed by atoms with Crippen LogP contribution in [0.1, 0.15) is 52.4 Å². The molecule has 0 aromatic rings. The van der Waals surface area contributed by atoms with E-state index in [1.54, 1.807) is 0 Å². The van der Waals surface area contributed by atoms with Crippen LogP contribution in [0.4, 0.5) is 0 Å². The van der Waals surface area contributed by atoms with Crippen molar-refractivity contribution in [2.45, 2.75) is 52.4 Å². The SMILES string of the molecule is CCCCC1=C(CCCC)S(=O)(=O)[N-]S1(=O)=O. The van der Waals surface area contributed by atoms with E-state index >= 15 is 0 Å². The fourth-order valence-electron chi connectivity index (χ4n) is 1.72. The monoisotopic (exact) mass is 280 g/mol. The lowest BCUT2D eigenvalue weighted by molar-refractivity contribution is 0.604. The van der Waals surface area contributed by atoms with Crippen LogP contribution >= 0.6 is 0 Å². The fraction of sp³-hybridized carbons (Fsp3) is 0.800. The van der Waals surface area contributed by atoms with Crippen LogP contribution in [0.25, 0.3) is 4.13 Å². The van der Waals surface area contributed by atoms with Gasteiger partial charge >= 0.3 is 0 Å². The Bertz CT molecular complexity index is 456. The van der Waals surface area contributed by atoms with Gasteiger partial charge in [0.1, 0.15) is 20.0 Å². The van der Waals surface area contributed by atoms with Crippen molar-refractivity contribution in [1.82, 2.24) is 0 Å². The minimum absolute atomic E-state index is 0.0211. The molecule has 0 saturated heterocycles. The molecule has 7 heteroatoms. The van der Waals surface area contributed by atoms with Crippen LogP contribution in [-0.2, 0) is 20.0 Å². The van der Waals surface area contributed by atoms with Crippen LogP contribution in [0.15, 0.2) is 9.81 Å². The van der Waals surface area contributed by atoms with Gasteiger partial charge in [0.15, 0.2) is 0 Å². The van der Waals surface area contributed by atoms with E-state index in [2.05, 4.69) is 4.13 Å². The average Bonchev–Trinajstić information content (AvgIpc) is 2.37. The van der Waals surface area contributed by atoms with E-state index in [-0.39, 0.29) is 22.7 Å². The van der Waals surface area contributed by atoms with E-state index in [4.69, 9.17) is 0 Å². The molecule has 1 aliphatic rings. The minimum atomic E-state index is -3.93. The molecule has 1 aliphatic heterocycles. The number of rotatable bonds is 6. The van der Waals surface area contributed by atoms with Gasteiger partial charge in [0.05, 0.1) is 0 Å². The summed E-state index contributed by atoms with van der Waals surface area (Å²) < 4.78 is 49.6. The zero-order valence-corrected chi connectivity index (χ0v) is 11.8. The lowest BCUT2D eigenvalue weighted by Crippen LogP contribution is -1.97. The first kappa shape index (κ1) is 14.7. The van der Waals surface area contributed by atoms with Crippen molar-refractivity contribution in [3.63, 3.8) is 0 Å². The summed E-state index contributed by atoms with van der Waals surface area (Å²) in [6.07, 6.45) is 3.52. The molecule has 0 bridgehead atoms. The normalized spacial score (nSPS) is 22.0. The maximum atomic E-state index is 11.7. The van der Waals surface area contributed by atoms with Crippen LogP contribution in [0.3, 0.4) is 0 Å². The maximum absolute atomic E-state index is 11.7. The number of sulfonamides is 2. The lowest BCUT2D eigenvalue weighted by Gasteiger charge is -2.10. The summed E-state index contributed by atoms with van der Waals surface area (Å²) in [7, 11) is -7.86. The second-order valence-electron chi connectivity index (χ2n) is 4.08. The summed E-state index contributed by atoms with van der Waals surface area (Å²) in [5.74, 6) is 0. The summed E-state index contributed by atoms with van der Waals surface area (Å²) >= 11 is 0. The Labute approximate surface area is 103 Å². The van der Waals surface area contributed by atoms with E-state index in [0.717, 1.165) is 12.8 Å². The van der Waals surface area contributed by atoms with E-state index in [0.29, 0.717) is 12.8 Å². The average molecular weight is 280 g/mol. The van der Waals surface area contributed by atoms with E-state index in [9.17, 15) is 16.8 Å². The van der Waals surface area contributed by atoms with Crippen molar-refractivity contribution >= 4 is 20.0 Å². The summed E-state index contributed by atoms with van der Waals surface area (Å²) in [4.78, 5) is 0.0422. The van der Waals surface area contributed by atoms with E-state index in [1.807, 2.05) is 13.8 Å². The highest BCUT2D eigenvalue weighted by Gasteiger charge is 2.29. The quantitative estimate of drug-likeness (QED) is 0.748. The van der Waals surface area contributed by atoms with Gasteiger partial charge in [-0.3, -0.25) is 0 Å². The van der Waals surface area contributed by atoms with Crippen molar-refractivity contribution < 1.29 is 16.8 Å². The van der Waals surface area contributed by atoms with Crippen LogP contribution in [0, 0.1) is 0 Å². The van der Waals surface area contributed by atoms with Crippen LogP contribution < -0.4 is 0 Å². The topological polar surface area (TPSA) is 82.4 Å². The molecule has 0 spiro atoms. The number of allylic oxidation sites excluding steroid dienone is 2. The summed E-state index contributed by atoms with van der Waals surface area (Å²) in [6.45, 7) is 3.86. The Balaban J connectivity index is 3.15. The highest BCUT2D eigenvalue weighted by Crippen LogP contribution is 2.40. The molecular weight excluding hydrogens is 262 g/mol. The highest BCUT2D eigenvalue weighted by atomic mass is 32.3. The molecular formula is C10H18NO4S2-. The molecule has 0 radical (unpaired) electrons. The van der Waals surface area contributed by atoms with Crippen molar-refractivity contribution in [2.75, 3.05) is 0 Å².